The van der Waals surface area contributed by atoms with Gasteiger partial charge in [-0.3, -0.25) is 4.79 Å². The van der Waals surface area contributed by atoms with Crippen LogP contribution in [0.5, 0.6) is 11.5 Å². The Balaban J connectivity index is 2.47. The van der Waals surface area contributed by atoms with Gasteiger partial charge in [-0.2, -0.15) is 0 Å². The fourth-order valence-corrected chi connectivity index (χ4v) is 3.56. The summed E-state index contributed by atoms with van der Waals surface area (Å²) < 4.78 is 11.4. The quantitative estimate of drug-likeness (QED) is 0.497. The van der Waals surface area contributed by atoms with Crippen LogP contribution in [-0.2, 0) is 0 Å². The molecule has 0 amide bonds. The minimum absolute atomic E-state index is 0.0949. The molecule has 0 aromatic heterocycles. The van der Waals surface area contributed by atoms with Crippen molar-refractivity contribution in [1.29, 1.82) is 0 Å². The van der Waals surface area contributed by atoms with Gasteiger partial charge in [0, 0.05) is 49.7 Å². The van der Waals surface area contributed by atoms with Crippen molar-refractivity contribution < 1.29 is 14.3 Å². The summed E-state index contributed by atoms with van der Waals surface area (Å²) in [4.78, 5) is 17.8. The maximum absolute atomic E-state index is 13.4. The van der Waals surface area contributed by atoms with Crippen molar-refractivity contribution in [3.05, 3.63) is 47.5 Å². The minimum Gasteiger partial charge on any atom is -0.496 e. The highest BCUT2D eigenvalue weighted by Gasteiger charge is 2.21. The zero-order chi connectivity index (χ0) is 21.4. The van der Waals surface area contributed by atoms with Crippen LogP contribution in [0.1, 0.15) is 50.5 Å². The lowest BCUT2D eigenvalue weighted by atomic mass is 10.00. The van der Waals surface area contributed by atoms with Gasteiger partial charge in [-0.05, 0) is 58.9 Å². The number of rotatable bonds is 11. The van der Waals surface area contributed by atoms with Gasteiger partial charge in [-0.15, -0.1) is 0 Å². The van der Waals surface area contributed by atoms with E-state index in [0.29, 0.717) is 29.2 Å². The third kappa shape index (κ3) is 5.03. The van der Waals surface area contributed by atoms with Gasteiger partial charge >= 0.3 is 0 Å². The Kier molecular flexibility index (Phi) is 8.37. The van der Waals surface area contributed by atoms with Crippen molar-refractivity contribution in [2.45, 2.75) is 34.6 Å². The SMILES string of the molecule is CCOc1cc(N(CC)CC)ccc1C(=O)c1ccc(N(CC)CC)cc1OC. The second-order valence-electron chi connectivity index (χ2n) is 6.67. The first-order valence-electron chi connectivity index (χ1n) is 10.5. The molecule has 0 atom stereocenters. The van der Waals surface area contributed by atoms with Crippen molar-refractivity contribution in [2.75, 3.05) is 49.7 Å². The molecule has 0 bridgehead atoms. The van der Waals surface area contributed by atoms with Gasteiger partial charge in [0.05, 0.1) is 24.8 Å². The van der Waals surface area contributed by atoms with Gasteiger partial charge in [0.25, 0.3) is 0 Å². The second kappa shape index (κ2) is 10.7. The fourth-order valence-electron chi connectivity index (χ4n) is 3.56. The molecule has 29 heavy (non-hydrogen) atoms. The third-order valence-electron chi connectivity index (χ3n) is 5.20. The lowest BCUT2D eigenvalue weighted by Gasteiger charge is -2.23. The van der Waals surface area contributed by atoms with Gasteiger partial charge in [-0.25, -0.2) is 0 Å². The summed E-state index contributed by atoms with van der Waals surface area (Å²) in [6, 6.07) is 11.6. The van der Waals surface area contributed by atoms with E-state index in [9.17, 15) is 4.79 Å². The van der Waals surface area contributed by atoms with Crippen LogP contribution >= 0.6 is 0 Å². The Morgan fingerprint density at radius 2 is 1.21 bits per heavy atom. The number of benzene rings is 2. The highest BCUT2D eigenvalue weighted by Crippen LogP contribution is 2.32. The molecule has 0 saturated heterocycles. The highest BCUT2D eigenvalue weighted by molar-refractivity contribution is 6.12. The van der Waals surface area contributed by atoms with Crippen LogP contribution in [0.3, 0.4) is 0 Å². The molecule has 0 unspecified atom stereocenters. The van der Waals surface area contributed by atoms with Crippen LogP contribution in [0.4, 0.5) is 11.4 Å². The smallest absolute Gasteiger partial charge is 0.200 e. The molecular formula is C24H34N2O3. The monoisotopic (exact) mass is 398 g/mol. The van der Waals surface area contributed by atoms with Gasteiger partial charge in [0.2, 0.25) is 0 Å². The van der Waals surface area contributed by atoms with Gasteiger partial charge < -0.3 is 19.3 Å². The predicted octanol–water partition coefficient (Wildman–Crippen LogP) is 5.02. The van der Waals surface area contributed by atoms with E-state index in [1.165, 1.54) is 0 Å². The number of carbonyl (C=O) groups is 1. The molecule has 5 nitrogen and oxygen atoms in total. The topological polar surface area (TPSA) is 42.0 Å². The molecule has 2 aromatic rings. The third-order valence-corrected chi connectivity index (χ3v) is 5.20. The summed E-state index contributed by atoms with van der Waals surface area (Å²) in [5.74, 6) is 1.09. The first-order valence-corrected chi connectivity index (χ1v) is 10.5. The zero-order valence-corrected chi connectivity index (χ0v) is 18.6. The van der Waals surface area contributed by atoms with Crippen LogP contribution in [0, 0.1) is 0 Å². The number of methoxy groups -OCH3 is 1. The van der Waals surface area contributed by atoms with Crippen LogP contribution < -0.4 is 19.3 Å². The molecule has 0 heterocycles. The van der Waals surface area contributed by atoms with Gasteiger partial charge in [-0.1, -0.05) is 0 Å². The normalized spacial score (nSPS) is 10.6. The first kappa shape index (κ1) is 22.6. The first-order chi connectivity index (χ1) is 14.0. The van der Waals surface area contributed by atoms with Crippen LogP contribution in [0.25, 0.3) is 0 Å². The second-order valence-corrected chi connectivity index (χ2v) is 6.67. The van der Waals surface area contributed by atoms with E-state index in [0.717, 1.165) is 37.6 Å². The average Bonchev–Trinajstić information content (AvgIpc) is 2.75. The maximum atomic E-state index is 13.4. The van der Waals surface area contributed by atoms with E-state index < -0.39 is 0 Å². The predicted molar refractivity (Wildman–Crippen MR) is 121 cm³/mol. The molecule has 0 fully saturated rings. The number of ether oxygens (including phenoxy) is 2. The molecule has 0 saturated carbocycles. The van der Waals surface area contributed by atoms with Crippen molar-refractivity contribution in [3.63, 3.8) is 0 Å². The Hall–Kier alpha value is -2.69. The summed E-state index contributed by atoms with van der Waals surface area (Å²) in [5.41, 5.74) is 3.20. The number of hydrogen-bond acceptors (Lipinski definition) is 5. The maximum Gasteiger partial charge on any atom is 0.200 e. The molecule has 2 rings (SSSR count). The molecule has 158 valence electrons. The van der Waals surface area contributed by atoms with E-state index in [-0.39, 0.29) is 5.78 Å². The van der Waals surface area contributed by atoms with Crippen molar-refractivity contribution in [1.82, 2.24) is 0 Å². The Labute approximate surface area is 175 Å². The largest absolute Gasteiger partial charge is 0.496 e. The average molecular weight is 399 g/mol. The van der Waals surface area contributed by atoms with Gasteiger partial charge in [0.15, 0.2) is 5.78 Å². The zero-order valence-electron chi connectivity index (χ0n) is 18.6. The Morgan fingerprint density at radius 3 is 1.62 bits per heavy atom. The minimum atomic E-state index is -0.0949. The summed E-state index contributed by atoms with van der Waals surface area (Å²) >= 11 is 0. The molecule has 0 spiro atoms. The fraction of sp³-hybridized carbons (Fsp3) is 0.458. The summed E-state index contributed by atoms with van der Waals surface area (Å²) in [6.45, 7) is 14.5. The highest BCUT2D eigenvalue weighted by atomic mass is 16.5. The van der Waals surface area contributed by atoms with Crippen LogP contribution in [0.2, 0.25) is 0 Å². The number of hydrogen-bond donors (Lipinski definition) is 0. The standard InChI is InChI=1S/C24H34N2O3/c1-7-25(8-2)18-12-14-20(22(16-18)28-6)24(27)21-15-13-19(26(9-3)10-4)17-23(21)29-11-5/h12-17H,7-11H2,1-6H3. The summed E-state index contributed by atoms with van der Waals surface area (Å²) in [7, 11) is 1.60. The molecule has 0 aliphatic rings. The number of carbonyl (C=O) groups excluding carboxylic acids is 1. The number of ketones is 1. The lowest BCUT2D eigenvalue weighted by molar-refractivity contribution is 0.103. The van der Waals surface area contributed by atoms with Crippen LogP contribution in [0.15, 0.2) is 36.4 Å². The molecule has 0 N–H and O–H groups in total. The number of anilines is 2. The van der Waals surface area contributed by atoms with E-state index in [1.54, 1.807) is 7.11 Å². The van der Waals surface area contributed by atoms with Crippen molar-refractivity contribution in [2.24, 2.45) is 0 Å². The van der Waals surface area contributed by atoms with E-state index in [2.05, 4.69) is 37.5 Å². The molecule has 0 aliphatic carbocycles. The summed E-state index contributed by atoms with van der Waals surface area (Å²) in [5, 5.41) is 0. The van der Waals surface area contributed by atoms with E-state index in [4.69, 9.17) is 9.47 Å². The van der Waals surface area contributed by atoms with E-state index in [1.807, 2.05) is 43.3 Å². The van der Waals surface area contributed by atoms with Crippen molar-refractivity contribution in [3.8, 4) is 11.5 Å². The lowest BCUT2D eigenvalue weighted by Crippen LogP contribution is -2.22. The molecule has 5 heteroatoms. The Bertz CT molecular complexity index is 812. The molecule has 2 aromatic carbocycles. The van der Waals surface area contributed by atoms with Crippen LogP contribution in [-0.4, -0.2) is 45.7 Å². The molecule has 0 radical (unpaired) electrons. The molecular weight excluding hydrogens is 364 g/mol. The van der Waals surface area contributed by atoms with Gasteiger partial charge in [0.1, 0.15) is 11.5 Å². The van der Waals surface area contributed by atoms with E-state index >= 15 is 0 Å². The Morgan fingerprint density at radius 1 is 0.759 bits per heavy atom. The number of nitrogens with zero attached hydrogens (tertiary/aromatic N) is 2. The molecule has 0 aliphatic heterocycles. The van der Waals surface area contributed by atoms with Crippen molar-refractivity contribution >= 4 is 17.2 Å². The summed E-state index contributed by atoms with van der Waals surface area (Å²) in [6.07, 6.45) is 0.